The van der Waals surface area contributed by atoms with Crippen LogP contribution in [-0.4, -0.2) is 10.9 Å². The van der Waals surface area contributed by atoms with E-state index in [0.29, 0.717) is 0 Å². The van der Waals surface area contributed by atoms with E-state index in [4.69, 9.17) is 0 Å². The normalized spacial score (nSPS) is 14.4. The van der Waals surface area contributed by atoms with Crippen molar-refractivity contribution in [2.45, 2.75) is 71.3 Å². The molecular weight excluding hydrogens is 222 g/mol. The molecule has 1 aromatic rings. The van der Waals surface area contributed by atoms with Crippen molar-refractivity contribution in [1.29, 1.82) is 0 Å². The monoisotopic (exact) mass is 249 g/mol. The van der Waals surface area contributed by atoms with E-state index in [-0.39, 0.29) is 5.54 Å². The first kappa shape index (κ1) is 15.0. The molecule has 1 atom stereocenters. The van der Waals surface area contributed by atoms with Crippen LogP contribution in [0.3, 0.4) is 0 Å². The van der Waals surface area contributed by atoms with E-state index in [2.05, 4.69) is 31.5 Å². The van der Waals surface area contributed by atoms with Crippen LogP contribution in [0.25, 0.3) is 0 Å². The van der Waals surface area contributed by atoms with E-state index in [1.54, 1.807) is 0 Å². The molecule has 0 aliphatic carbocycles. The third-order valence-corrected chi connectivity index (χ3v) is 3.84. The molecule has 0 fully saturated rings. The van der Waals surface area contributed by atoms with Crippen LogP contribution in [0.4, 0.5) is 0 Å². The van der Waals surface area contributed by atoms with Gasteiger partial charge in [-0.1, -0.05) is 46.0 Å². The predicted octanol–water partition coefficient (Wildman–Crippen LogP) is 4.79. The maximum atomic E-state index is 11.1. The minimum Gasteiger partial charge on any atom is -0.340 e. The van der Waals surface area contributed by atoms with E-state index in [1.807, 2.05) is 12.1 Å². The van der Waals surface area contributed by atoms with E-state index in [1.165, 1.54) is 25.7 Å². The number of carbonyl (C=O) groups is 1. The van der Waals surface area contributed by atoms with Crippen molar-refractivity contribution in [2.75, 3.05) is 0 Å². The minimum atomic E-state index is 0.0994. The fraction of sp³-hybridized carbons (Fsp3) is 0.688. The molecule has 0 N–H and O–H groups in total. The van der Waals surface area contributed by atoms with Gasteiger partial charge in [-0.25, -0.2) is 0 Å². The lowest BCUT2D eigenvalue weighted by Crippen LogP contribution is -2.30. The molecule has 1 heterocycles. The maximum absolute atomic E-state index is 11.1. The highest BCUT2D eigenvalue weighted by Crippen LogP contribution is 2.30. The number of unbranched alkanes of at least 4 members (excludes halogenated alkanes) is 3. The number of carbonyl (C=O) groups excluding carboxylic acids is 1. The van der Waals surface area contributed by atoms with Crippen LogP contribution < -0.4 is 0 Å². The van der Waals surface area contributed by atoms with Crippen molar-refractivity contribution in [1.82, 2.24) is 4.57 Å². The Labute approximate surface area is 111 Å². The summed E-state index contributed by atoms with van der Waals surface area (Å²) in [5.41, 5.74) is 0.906. The minimum absolute atomic E-state index is 0.0994. The van der Waals surface area contributed by atoms with Crippen LogP contribution in [0.15, 0.2) is 18.3 Å². The summed E-state index contributed by atoms with van der Waals surface area (Å²) in [5, 5.41) is 0. The van der Waals surface area contributed by atoms with Crippen molar-refractivity contribution in [3.8, 4) is 0 Å². The Morgan fingerprint density at radius 1 is 1.17 bits per heavy atom. The Kier molecular flexibility index (Phi) is 6.17. The third-order valence-electron chi connectivity index (χ3n) is 3.84. The molecule has 0 aliphatic rings. The Balaban J connectivity index is 2.75. The molecule has 0 radical (unpaired) electrons. The van der Waals surface area contributed by atoms with Crippen molar-refractivity contribution in [3.63, 3.8) is 0 Å². The summed E-state index contributed by atoms with van der Waals surface area (Å²) in [6, 6.07) is 3.89. The summed E-state index contributed by atoms with van der Waals surface area (Å²) < 4.78 is 2.18. The second kappa shape index (κ2) is 7.40. The van der Waals surface area contributed by atoms with Crippen molar-refractivity contribution in [2.24, 2.45) is 0 Å². The molecule has 1 rings (SSSR count). The lowest BCUT2D eigenvalue weighted by molar-refractivity contribution is 0.110. The first-order valence-corrected chi connectivity index (χ1v) is 7.31. The largest absolute Gasteiger partial charge is 0.340 e. The number of aromatic nitrogens is 1. The van der Waals surface area contributed by atoms with Crippen LogP contribution in [0, 0.1) is 0 Å². The summed E-state index contributed by atoms with van der Waals surface area (Å²) in [6.07, 6.45) is 11.6. The molecule has 0 amide bonds. The lowest BCUT2D eigenvalue weighted by atomic mass is 9.89. The lowest BCUT2D eigenvalue weighted by Gasteiger charge is -2.33. The van der Waals surface area contributed by atoms with Gasteiger partial charge in [0.25, 0.3) is 0 Å². The van der Waals surface area contributed by atoms with Gasteiger partial charge in [-0.2, -0.15) is 0 Å². The summed E-state index contributed by atoms with van der Waals surface area (Å²) in [6.45, 7) is 6.74. The zero-order valence-electron chi connectivity index (χ0n) is 12.1. The van der Waals surface area contributed by atoms with Crippen LogP contribution in [0.1, 0.15) is 76.2 Å². The Morgan fingerprint density at radius 2 is 1.94 bits per heavy atom. The molecule has 0 saturated heterocycles. The number of aldehydes is 1. The molecule has 102 valence electrons. The third kappa shape index (κ3) is 3.72. The van der Waals surface area contributed by atoms with Crippen molar-refractivity contribution >= 4 is 6.29 Å². The van der Waals surface area contributed by atoms with Gasteiger partial charge in [-0.05, 0) is 31.9 Å². The average Bonchev–Trinajstić information content (AvgIpc) is 2.84. The van der Waals surface area contributed by atoms with Crippen LogP contribution in [0.2, 0.25) is 0 Å². The summed E-state index contributed by atoms with van der Waals surface area (Å²) in [7, 11) is 0. The first-order valence-electron chi connectivity index (χ1n) is 7.31. The summed E-state index contributed by atoms with van der Waals surface area (Å²) >= 11 is 0. The smallest absolute Gasteiger partial charge is 0.166 e. The standard InChI is InChI=1S/C16H27NO/c1-4-6-7-8-12-16(3,11-5-2)17-13-9-10-15(17)14-18/h9-10,13-14H,4-8,11-12H2,1-3H3. The highest BCUT2D eigenvalue weighted by atomic mass is 16.1. The molecule has 2 heteroatoms. The zero-order chi connectivity index (χ0) is 13.4. The average molecular weight is 249 g/mol. The van der Waals surface area contributed by atoms with Crippen LogP contribution in [0.5, 0.6) is 0 Å². The van der Waals surface area contributed by atoms with Gasteiger partial charge in [0.15, 0.2) is 6.29 Å². The SMILES string of the molecule is CCCCCCC(C)(CCC)n1cccc1C=O. The van der Waals surface area contributed by atoms with Gasteiger partial charge in [-0.3, -0.25) is 4.79 Å². The fourth-order valence-electron chi connectivity index (χ4n) is 2.82. The molecule has 0 aliphatic heterocycles. The van der Waals surface area contributed by atoms with E-state index in [9.17, 15) is 4.79 Å². The molecule has 0 bridgehead atoms. The second-order valence-electron chi connectivity index (χ2n) is 5.48. The molecule has 0 spiro atoms. The second-order valence-corrected chi connectivity index (χ2v) is 5.48. The highest BCUT2D eigenvalue weighted by Gasteiger charge is 2.26. The Hall–Kier alpha value is -1.05. The van der Waals surface area contributed by atoms with Gasteiger partial charge in [0.1, 0.15) is 0 Å². The molecule has 1 aromatic heterocycles. The maximum Gasteiger partial charge on any atom is 0.166 e. The number of nitrogens with zero attached hydrogens (tertiary/aromatic N) is 1. The van der Waals surface area contributed by atoms with Crippen LogP contribution in [-0.2, 0) is 5.54 Å². The van der Waals surface area contributed by atoms with Crippen molar-refractivity contribution < 1.29 is 4.79 Å². The first-order chi connectivity index (χ1) is 8.68. The molecule has 2 nitrogen and oxygen atoms in total. The molecule has 18 heavy (non-hydrogen) atoms. The number of rotatable bonds is 9. The van der Waals surface area contributed by atoms with Gasteiger partial charge in [0, 0.05) is 11.7 Å². The Morgan fingerprint density at radius 3 is 2.56 bits per heavy atom. The van der Waals surface area contributed by atoms with Gasteiger partial charge in [-0.15, -0.1) is 0 Å². The van der Waals surface area contributed by atoms with Crippen molar-refractivity contribution in [3.05, 3.63) is 24.0 Å². The van der Waals surface area contributed by atoms with Gasteiger partial charge in [0.2, 0.25) is 0 Å². The van der Waals surface area contributed by atoms with E-state index in [0.717, 1.165) is 31.2 Å². The van der Waals surface area contributed by atoms with Gasteiger partial charge in [0.05, 0.1) is 5.69 Å². The van der Waals surface area contributed by atoms with E-state index >= 15 is 0 Å². The quantitative estimate of drug-likeness (QED) is 0.456. The number of hydrogen-bond donors (Lipinski definition) is 0. The summed E-state index contributed by atoms with van der Waals surface area (Å²) in [5.74, 6) is 0. The van der Waals surface area contributed by atoms with Crippen LogP contribution >= 0.6 is 0 Å². The Bertz CT molecular complexity index is 356. The molecule has 0 aromatic carbocycles. The topological polar surface area (TPSA) is 22.0 Å². The van der Waals surface area contributed by atoms with Gasteiger partial charge < -0.3 is 4.57 Å². The number of hydrogen-bond acceptors (Lipinski definition) is 1. The molecule has 1 unspecified atom stereocenters. The predicted molar refractivity (Wildman–Crippen MR) is 77.1 cm³/mol. The zero-order valence-corrected chi connectivity index (χ0v) is 12.1. The summed E-state index contributed by atoms with van der Waals surface area (Å²) in [4.78, 5) is 11.1. The molecule has 0 saturated carbocycles. The fourth-order valence-corrected chi connectivity index (χ4v) is 2.82. The molecular formula is C16H27NO. The van der Waals surface area contributed by atoms with Gasteiger partial charge >= 0.3 is 0 Å². The van der Waals surface area contributed by atoms with E-state index < -0.39 is 0 Å². The highest BCUT2D eigenvalue weighted by molar-refractivity contribution is 5.72.